The maximum Gasteiger partial charge on any atom is -0.0172 e. The van der Waals surface area contributed by atoms with Gasteiger partial charge in [-0.25, -0.2) is 0 Å². The summed E-state index contributed by atoms with van der Waals surface area (Å²) in [6.45, 7) is 15.6. The molecule has 0 spiro atoms. The molecule has 0 saturated heterocycles. The lowest BCUT2D eigenvalue weighted by Gasteiger charge is -2.12. The Labute approximate surface area is 192 Å². The Kier molecular flexibility index (Phi) is 7.78. The quantitative estimate of drug-likeness (QED) is 0.294. The molecule has 32 heavy (non-hydrogen) atoms. The lowest BCUT2D eigenvalue weighted by atomic mass is 9.92. The van der Waals surface area contributed by atoms with Crippen molar-refractivity contribution in [1.29, 1.82) is 0 Å². The Morgan fingerprint density at radius 1 is 0.375 bits per heavy atom. The normalized spacial score (nSPS) is 9.94. The minimum Gasteiger partial charge on any atom is -0.0985 e. The highest BCUT2D eigenvalue weighted by Crippen LogP contribution is 2.33. The van der Waals surface area contributed by atoms with Crippen molar-refractivity contribution in [1.82, 2.24) is 0 Å². The van der Waals surface area contributed by atoms with Crippen molar-refractivity contribution in [3.63, 3.8) is 0 Å². The molecule has 0 nitrogen and oxygen atoms in total. The molecule has 0 amide bonds. The van der Waals surface area contributed by atoms with E-state index in [-0.39, 0.29) is 0 Å². The molecule has 4 rings (SSSR count). The van der Waals surface area contributed by atoms with Gasteiger partial charge in [0.2, 0.25) is 0 Å². The van der Waals surface area contributed by atoms with Crippen molar-refractivity contribution in [3.8, 4) is 33.4 Å². The fourth-order valence-electron chi connectivity index (χ4n) is 3.56. The van der Waals surface area contributed by atoms with E-state index in [1.807, 2.05) is 32.1 Å². The molecule has 0 bridgehead atoms. The number of hydrogen-bond donors (Lipinski definition) is 0. The van der Waals surface area contributed by atoms with Crippen molar-refractivity contribution in [2.75, 3.05) is 0 Å². The lowest BCUT2D eigenvalue weighted by molar-refractivity contribution is 1.50. The van der Waals surface area contributed by atoms with Crippen LogP contribution in [-0.4, -0.2) is 0 Å². The Balaban J connectivity index is 0.00000141. The van der Waals surface area contributed by atoms with Gasteiger partial charge in [-0.05, 0) is 68.3 Å². The van der Waals surface area contributed by atoms with E-state index in [9.17, 15) is 0 Å². The van der Waals surface area contributed by atoms with Crippen LogP contribution in [0.1, 0.15) is 30.5 Å². The van der Waals surface area contributed by atoms with Crippen LogP contribution in [0.25, 0.3) is 51.6 Å². The Bertz CT molecular complexity index is 1020. The second kappa shape index (κ2) is 10.9. The first kappa shape index (κ1) is 22.8. The second-order valence-corrected chi connectivity index (χ2v) is 7.28. The molecule has 0 saturated carbocycles. The molecule has 158 valence electrons. The molecule has 0 N–H and O–H groups in total. The van der Waals surface area contributed by atoms with Crippen LogP contribution in [0.4, 0.5) is 0 Å². The van der Waals surface area contributed by atoms with Gasteiger partial charge in [0.25, 0.3) is 0 Å². The van der Waals surface area contributed by atoms with Crippen LogP contribution >= 0.6 is 0 Å². The molecule has 0 heteroatoms. The maximum atomic E-state index is 3.86. The summed E-state index contributed by atoms with van der Waals surface area (Å²) in [6, 6.07) is 32.3. The number of hydrogen-bond acceptors (Lipinski definition) is 0. The van der Waals surface area contributed by atoms with Crippen molar-refractivity contribution in [3.05, 3.63) is 127 Å². The van der Waals surface area contributed by atoms with Gasteiger partial charge in [0.1, 0.15) is 0 Å². The molecule has 0 aliphatic heterocycles. The Hall–Kier alpha value is -3.90. The highest BCUT2D eigenvalue weighted by molar-refractivity contribution is 5.82. The van der Waals surface area contributed by atoms with Crippen LogP contribution in [0.5, 0.6) is 0 Å². The van der Waals surface area contributed by atoms with Gasteiger partial charge in [-0.15, -0.1) is 0 Å². The minimum absolute atomic E-state index is 1.12. The van der Waals surface area contributed by atoms with E-state index >= 15 is 0 Å². The van der Waals surface area contributed by atoms with Gasteiger partial charge in [-0.3, -0.25) is 0 Å². The van der Waals surface area contributed by atoms with Crippen molar-refractivity contribution < 1.29 is 0 Å². The fraction of sp³-hybridized carbons (Fsp3) is 0.0625. The van der Waals surface area contributed by atoms with E-state index in [2.05, 4.69) is 111 Å². The zero-order valence-electron chi connectivity index (χ0n) is 19.0. The van der Waals surface area contributed by atoms with Crippen molar-refractivity contribution in [2.24, 2.45) is 0 Å². The average molecular weight is 415 g/mol. The van der Waals surface area contributed by atoms with E-state index in [1.165, 1.54) is 33.4 Å². The minimum atomic E-state index is 1.12. The summed E-state index contributed by atoms with van der Waals surface area (Å²) in [5.74, 6) is 0. The Morgan fingerprint density at radius 3 is 0.781 bits per heavy atom. The highest BCUT2D eigenvalue weighted by atomic mass is 14.1. The lowest BCUT2D eigenvalue weighted by Crippen LogP contribution is -1.87. The molecule has 0 aliphatic rings. The third kappa shape index (κ3) is 5.22. The monoisotopic (exact) mass is 414 g/mol. The predicted molar refractivity (Wildman–Crippen MR) is 144 cm³/mol. The fourth-order valence-corrected chi connectivity index (χ4v) is 3.56. The van der Waals surface area contributed by atoms with Gasteiger partial charge in [-0.2, -0.15) is 0 Å². The van der Waals surface area contributed by atoms with Crippen LogP contribution in [0.3, 0.4) is 0 Å². The van der Waals surface area contributed by atoms with E-state index in [4.69, 9.17) is 0 Å². The molecule has 4 aromatic carbocycles. The molecule has 0 unspecified atom stereocenters. The standard InChI is InChI=1S/C30H24.C2H6/c1-4-22-7-13-25(14-8-22)28-19-29(26-15-9-23(5-2)10-16-26)21-30(20-28)27-17-11-24(6-3)12-18-27;1-2/h4-21H,1-3H2;1-2H3. The number of rotatable bonds is 6. The third-order valence-electron chi connectivity index (χ3n) is 5.37. The van der Waals surface area contributed by atoms with E-state index in [0.29, 0.717) is 0 Å². The molecule has 0 fully saturated rings. The summed E-state index contributed by atoms with van der Waals surface area (Å²) in [6.07, 6.45) is 5.61. The molecule has 0 atom stereocenters. The summed E-state index contributed by atoms with van der Waals surface area (Å²) in [4.78, 5) is 0. The third-order valence-corrected chi connectivity index (χ3v) is 5.37. The largest absolute Gasteiger partial charge is 0.0985 e. The van der Waals surface area contributed by atoms with Gasteiger partial charge in [0.15, 0.2) is 0 Å². The first-order valence-electron chi connectivity index (χ1n) is 11.0. The smallest absolute Gasteiger partial charge is 0.0172 e. The molecule has 0 aliphatic carbocycles. The van der Waals surface area contributed by atoms with Crippen LogP contribution in [-0.2, 0) is 0 Å². The van der Waals surface area contributed by atoms with Crippen molar-refractivity contribution >= 4 is 18.2 Å². The SMILES string of the molecule is C=Cc1ccc(-c2cc(-c3ccc(C=C)cc3)cc(-c3ccc(C=C)cc3)c2)cc1.CC. The molecule has 4 aromatic rings. The van der Waals surface area contributed by atoms with Crippen molar-refractivity contribution in [2.45, 2.75) is 13.8 Å². The van der Waals surface area contributed by atoms with Crippen LogP contribution in [0.15, 0.2) is 111 Å². The van der Waals surface area contributed by atoms with Gasteiger partial charge < -0.3 is 0 Å². The topological polar surface area (TPSA) is 0 Å². The van der Waals surface area contributed by atoms with Crippen LogP contribution in [0, 0.1) is 0 Å². The van der Waals surface area contributed by atoms with E-state index in [1.54, 1.807) is 0 Å². The summed E-state index contributed by atoms with van der Waals surface area (Å²) in [5, 5.41) is 0. The van der Waals surface area contributed by atoms with E-state index in [0.717, 1.165) is 16.7 Å². The summed E-state index contributed by atoms with van der Waals surface area (Å²) in [5.41, 5.74) is 10.5. The highest BCUT2D eigenvalue weighted by Gasteiger charge is 2.08. The summed E-state index contributed by atoms with van der Waals surface area (Å²) >= 11 is 0. The predicted octanol–water partition coefficient (Wildman–Crippen LogP) is 9.64. The van der Waals surface area contributed by atoms with Crippen LogP contribution in [0.2, 0.25) is 0 Å². The van der Waals surface area contributed by atoms with Gasteiger partial charge >= 0.3 is 0 Å². The molecule has 0 radical (unpaired) electrons. The van der Waals surface area contributed by atoms with Gasteiger partial charge in [0.05, 0.1) is 0 Å². The zero-order chi connectivity index (χ0) is 22.9. The first-order chi connectivity index (χ1) is 15.7. The molecular formula is C32H30. The molecule has 0 heterocycles. The second-order valence-electron chi connectivity index (χ2n) is 7.28. The van der Waals surface area contributed by atoms with Gasteiger partial charge in [-0.1, -0.05) is 125 Å². The molecule has 0 aromatic heterocycles. The van der Waals surface area contributed by atoms with Gasteiger partial charge in [0, 0.05) is 0 Å². The summed E-state index contributed by atoms with van der Waals surface area (Å²) < 4.78 is 0. The molecular weight excluding hydrogens is 384 g/mol. The summed E-state index contributed by atoms with van der Waals surface area (Å²) in [7, 11) is 0. The maximum absolute atomic E-state index is 3.86. The van der Waals surface area contributed by atoms with E-state index < -0.39 is 0 Å². The van der Waals surface area contributed by atoms with Crippen LogP contribution < -0.4 is 0 Å². The average Bonchev–Trinajstić information content (AvgIpc) is 2.89. The Morgan fingerprint density at radius 2 is 0.594 bits per heavy atom. The first-order valence-corrected chi connectivity index (χ1v) is 11.0. The number of benzene rings is 4. The zero-order valence-corrected chi connectivity index (χ0v) is 19.0.